The molecule has 5 heteroatoms. The summed E-state index contributed by atoms with van der Waals surface area (Å²) in [4.78, 5) is 11.1. The van der Waals surface area contributed by atoms with Gasteiger partial charge in [-0.3, -0.25) is 10.1 Å². The molecule has 0 bridgehead atoms. The summed E-state index contributed by atoms with van der Waals surface area (Å²) < 4.78 is 7.50. The molecule has 0 amide bonds. The maximum absolute atomic E-state index is 11.4. The number of rotatable bonds is 3. The van der Waals surface area contributed by atoms with Gasteiger partial charge in [0.2, 0.25) is 0 Å². The summed E-state index contributed by atoms with van der Waals surface area (Å²) in [6.45, 7) is 0. The lowest BCUT2D eigenvalue weighted by Crippen LogP contribution is -1.93. The molecule has 4 aromatic rings. The molecule has 1 heterocycles. The van der Waals surface area contributed by atoms with E-state index < -0.39 is 0 Å². The zero-order valence-electron chi connectivity index (χ0n) is 12.9. The first-order valence-electron chi connectivity index (χ1n) is 7.41. The number of ether oxygens (including phenoxy) is 1. The van der Waals surface area contributed by atoms with E-state index in [-0.39, 0.29) is 10.6 Å². The first-order valence-corrected chi connectivity index (χ1v) is 8.23. The van der Waals surface area contributed by atoms with Gasteiger partial charge in [-0.15, -0.1) is 11.3 Å². The van der Waals surface area contributed by atoms with Crippen LogP contribution in [0.25, 0.3) is 31.3 Å². The number of nitro groups is 1. The highest BCUT2D eigenvalue weighted by molar-refractivity contribution is 7.25. The second-order valence-corrected chi connectivity index (χ2v) is 6.53. The summed E-state index contributed by atoms with van der Waals surface area (Å²) in [6, 6.07) is 19.2. The van der Waals surface area contributed by atoms with E-state index in [0.29, 0.717) is 11.3 Å². The molecule has 1 aromatic heterocycles. The highest BCUT2D eigenvalue weighted by Gasteiger charge is 2.17. The predicted octanol–water partition coefficient (Wildman–Crippen LogP) is 5.64. The summed E-state index contributed by atoms with van der Waals surface area (Å²) in [5.41, 5.74) is 1.48. The van der Waals surface area contributed by atoms with Crippen molar-refractivity contribution in [2.24, 2.45) is 0 Å². The summed E-state index contributed by atoms with van der Waals surface area (Å²) in [5.74, 6) is 0.479. The minimum Gasteiger partial charge on any atom is -0.497 e. The number of nitro benzene ring substituents is 1. The number of nitrogens with zero attached hydrogens (tertiary/aromatic N) is 1. The monoisotopic (exact) mass is 335 g/mol. The van der Waals surface area contributed by atoms with E-state index in [1.807, 2.05) is 30.3 Å². The second-order valence-electron chi connectivity index (χ2n) is 5.45. The van der Waals surface area contributed by atoms with E-state index in [1.165, 1.54) is 28.0 Å². The number of methoxy groups -OCH3 is 1. The molecule has 0 saturated carbocycles. The van der Waals surface area contributed by atoms with Crippen LogP contribution in [0.4, 0.5) is 5.69 Å². The Kier molecular flexibility index (Phi) is 3.43. The third kappa shape index (κ3) is 2.30. The highest BCUT2D eigenvalue weighted by atomic mass is 32.1. The zero-order chi connectivity index (χ0) is 16.7. The second kappa shape index (κ2) is 5.62. The smallest absolute Gasteiger partial charge is 0.280 e. The standard InChI is InChI=1S/C19H13NO3S/c1-23-13-7-8-14(17(11-13)20(21)22)12-6-9-19-16(10-12)15-4-2-3-5-18(15)24-19/h2-11H,1H3. The van der Waals surface area contributed by atoms with Crippen molar-refractivity contribution in [3.8, 4) is 16.9 Å². The fourth-order valence-corrected chi connectivity index (χ4v) is 4.01. The van der Waals surface area contributed by atoms with Crippen molar-refractivity contribution in [2.45, 2.75) is 0 Å². The van der Waals surface area contributed by atoms with E-state index in [1.54, 1.807) is 23.5 Å². The number of hydrogen-bond donors (Lipinski definition) is 0. The number of benzene rings is 3. The van der Waals surface area contributed by atoms with E-state index in [9.17, 15) is 10.1 Å². The Bertz CT molecular complexity index is 1080. The Morgan fingerprint density at radius 3 is 2.54 bits per heavy atom. The lowest BCUT2D eigenvalue weighted by atomic mass is 10.0. The minimum absolute atomic E-state index is 0.0493. The van der Waals surface area contributed by atoms with Crippen LogP contribution in [0.2, 0.25) is 0 Å². The van der Waals surface area contributed by atoms with Crippen LogP contribution in [0.1, 0.15) is 0 Å². The fraction of sp³-hybridized carbons (Fsp3) is 0.0526. The van der Waals surface area contributed by atoms with E-state index in [2.05, 4.69) is 12.1 Å². The molecule has 0 aliphatic heterocycles. The first-order chi connectivity index (χ1) is 11.7. The summed E-state index contributed by atoms with van der Waals surface area (Å²) in [5, 5.41) is 13.7. The van der Waals surface area contributed by atoms with Gasteiger partial charge in [-0.2, -0.15) is 0 Å². The summed E-state index contributed by atoms with van der Waals surface area (Å²) in [7, 11) is 1.50. The van der Waals surface area contributed by atoms with Gasteiger partial charge >= 0.3 is 0 Å². The lowest BCUT2D eigenvalue weighted by molar-refractivity contribution is -0.384. The van der Waals surface area contributed by atoms with Gasteiger partial charge in [-0.05, 0) is 35.9 Å². The average Bonchev–Trinajstić information content (AvgIpc) is 2.99. The van der Waals surface area contributed by atoms with Crippen molar-refractivity contribution >= 4 is 37.2 Å². The van der Waals surface area contributed by atoms with Crippen molar-refractivity contribution in [3.05, 3.63) is 70.8 Å². The van der Waals surface area contributed by atoms with Crippen molar-refractivity contribution < 1.29 is 9.66 Å². The van der Waals surface area contributed by atoms with Crippen molar-refractivity contribution in [1.82, 2.24) is 0 Å². The molecule has 0 radical (unpaired) electrons. The molecule has 0 atom stereocenters. The summed E-state index contributed by atoms with van der Waals surface area (Å²) in [6.07, 6.45) is 0. The van der Waals surface area contributed by atoms with Crippen molar-refractivity contribution in [1.29, 1.82) is 0 Å². The molecule has 0 spiro atoms. The largest absolute Gasteiger partial charge is 0.497 e. The van der Waals surface area contributed by atoms with E-state index >= 15 is 0 Å². The van der Waals surface area contributed by atoms with Crippen LogP contribution in [-0.2, 0) is 0 Å². The van der Waals surface area contributed by atoms with Gasteiger partial charge in [0, 0.05) is 20.2 Å². The molecule has 4 rings (SSSR count). The molecular weight excluding hydrogens is 322 g/mol. The van der Waals surface area contributed by atoms with Crippen LogP contribution >= 0.6 is 11.3 Å². The molecule has 0 unspecified atom stereocenters. The van der Waals surface area contributed by atoms with Gasteiger partial charge in [0.15, 0.2) is 0 Å². The molecule has 3 aromatic carbocycles. The quantitative estimate of drug-likeness (QED) is 0.360. The summed E-state index contributed by atoms with van der Waals surface area (Å²) >= 11 is 1.73. The van der Waals surface area contributed by atoms with Gasteiger partial charge in [-0.25, -0.2) is 0 Å². The maximum Gasteiger partial charge on any atom is 0.280 e. The first kappa shape index (κ1) is 14.7. The van der Waals surface area contributed by atoms with Gasteiger partial charge in [0.25, 0.3) is 5.69 Å². The predicted molar refractivity (Wildman–Crippen MR) is 98.0 cm³/mol. The van der Waals surface area contributed by atoms with Gasteiger partial charge in [0.05, 0.1) is 23.7 Å². The topological polar surface area (TPSA) is 52.4 Å². The van der Waals surface area contributed by atoms with Gasteiger partial charge < -0.3 is 4.74 Å². The molecule has 0 fully saturated rings. The number of thiophene rings is 1. The Labute approximate surface area is 142 Å². The van der Waals surface area contributed by atoms with Crippen LogP contribution in [0.3, 0.4) is 0 Å². The molecule has 118 valence electrons. The van der Waals surface area contributed by atoms with Crippen LogP contribution in [0.15, 0.2) is 60.7 Å². The van der Waals surface area contributed by atoms with Crippen LogP contribution in [0, 0.1) is 10.1 Å². The third-order valence-electron chi connectivity index (χ3n) is 4.09. The normalized spacial score (nSPS) is 11.0. The molecule has 0 N–H and O–H groups in total. The Morgan fingerprint density at radius 1 is 0.958 bits per heavy atom. The van der Waals surface area contributed by atoms with E-state index in [0.717, 1.165) is 10.9 Å². The van der Waals surface area contributed by atoms with Crippen molar-refractivity contribution in [2.75, 3.05) is 7.11 Å². The Balaban J connectivity index is 1.96. The number of fused-ring (bicyclic) bond motifs is 3. The SMILES string of the molecule is COc1ccc(-c2ccc3sc4ccccc4c3c2)c([N+](=O)[O-])c1. The lowest BCUT2D eigenvalue weighted by Gasteiger charge is -2.06. The fourth-order valence-electron chi connectivity index (χ4n) is 2.93. The minimum atomic E-state index is -0.367. The maximum atomic E-state index is 11.4. The molecule has 0 saturated heterocycles. The molecular formula is C19H13NO3S. The van der Waals surface area contributed by atoms with Crippen LogP contribution in [0.5, 0.6) is 5.75 Å². The van der Waals surface area contributed by atoms with Gasteiger partial charge in [0.1, 0.15) is 5.75 Å². The van der Waals surface area contributed by atoms with E-state index in [4.69, 9.17) is 4.74 Å². The highest BCUT2D eigenvalue weighted by Crippen LogP contribution is 2.39. The zero-order valence-corrected chi connectivity index (χ0v) is 13.7. The Morgan fingerprint density at radius 2 is 1.75 bits per heavy atom. The van der Waals surface area contributed by atoms with Crippen molar-refractivity contribution in [3.63, 3.8) is 0 Å². The molecule has 24 heavy (non-hydrogen) atoms. The average molecular weight is 335 g/mol. The molecule has 4 nitrogen and oxygen atoms in total. The van der Waals surface area contributed by atoms with Crippen LogP contribution < -0.4 is 4.74 Å². The van der Waals surface area contributed by atoms with Gasteiger partial charge in [-0.1, -0.05) is 24.3 Å². The molecule has 0 aliphatic rings. The molecule has 0 aliphatic carbocycles. The van der Waals surface area contributed by atoms with Crippen LogP contribution in [-0.4, -0.2) is 12.0 Å². The number of hydrogen-bond acceptors (Lipinski definition) is 4. The third-order valence-corrected chi connectivity index (χ3v) is 5.24. The Hall–Kier alpha value is -2.92.